The molecule has 2 atom stereocenters. The first-order chi connectivity index (χ1) is 7.33. The second kappa shape index (κ2) is 5.94. The van der Waals surface area contributed by atoms with E-state index in [1.54, 1.807) is 18.3 Å². The summed E-state index contributed by atoms with van der Waals surface area (Å²) in [6, 6.07) is 5.37. The molecule has 2 heterocycles. The minimum absolute atomic E-state index is 0. The number of nitriles is 1. The maximum Gasteiger partial charge on any atom is 0.145 e. The summed E-state index contributed by atoms with van der Waals surface area (Å²) in [5, 5.41) is 12.5. The van der Waals surface area contributed by atoms with Crippen LogP contribution in [0.15, 0.2) is 23.4 Å². The fourth-order valence-corrected chi connectivity index (χ4v) is 3.02. The van der Waals surface area contributed by atoms with Gasteiger partial charge in [0.1, 0.15) is 11.1 Å². The van der Waals surface area contributed by atoms with Gasteiger partial charge in [-0.05, 0) is 25.1 Å². The second-order valence-corrected chi connectivity index (χ2v) is 5.03. The Morgan fingerprint density at radius 3 is 3.06 bits per heavy atom. The van der Waals surface area contributed by atoms with Gasteiger partial charge < -0.3 is 5.32 Å². The fourth-order valence-electron chi connectivity index (χ4n) is 1.60. The van der Waals surface area contributed by atoms with Crippen LogP contribution in [-0.4, -0.2) is 27.5 Å². The molecule has 1 aromatic rings. The molecule has 0 unspecified atom stereocenters. The number of rotatable bonds is 2. The lowest BCUT2D eigenvalue weighted by Gasteiger charge is -2.08. The van der Waals surface area contributed by atoms with Crippen molar-refractivity contribution in [3.63, 3.8) is 0 Å². The van der Waals surface area contributed by atoms with Gasteiger partial charge in [0.05, 0.1) is 21.6 Å². The van der Waals surface area contributed by atoms with Crippen LogP contribution in [0.1, 0.15) is 12.0 Å². The summed E-state index contributed by atoms with van der Waals surface area (Å²) >= 11 is 0. The molecule has 6 heteroatoms. The van der Waals surface area contributed by atoms with Gasteiger partial charge in [0.2, 0.25) is 0 Å². The number of halogens is 1. The summed E-state index contributed by atoms with van der Waals surface area (Å²) in [6.07, 6.45) is 2.46. The van der Waals surface area contributed by atoms with Gasteiger partial charge in [-0.15, -0.1) is 12.4 Å². The summed E-state index contributed by atoms with van der Waals surface area (Å²) in [7, 11) is -1.17. The summed E-state index contributed by atoms with van der Waals surface area (Å²) in [5.74, 6) is 0. The number of hydrogen-bond acceptors (Lipinski definition) is 4. The van der Waals surface area contributed by atoms with E-state index in [1.807, 2.05) is 6.07 Å². The summed E-state index contributed by atoms with van der Waals surface area (Å²) in [6.45, 7) is 1.64. The van der Waals surface area contributed by atoms with Crippen molar-refractivity contribution in [1.29, 1.82) is 5.26 Å². The van der Waals surface area contributed by atoms with Gasteiger partial charge in [-0.2, -0.15) is 5.26 Å². The van der Waals surface area contributed by atoms with Crippen molar-refractivity contribution in [2.24, 2.45) is 0 Å². The molecular weight excluding hydrogens is 246 g/mol. The molecule has 16 heavy (non-hydrogen) atoms. The average molecular weight is 258 g/mol. The molecule has 1 N–H and O–H groups in total. The van der Waals surface area contributed by atoms with Gasteiger partial charge >= 0.3 is 0 Å². The minimum Gasteiger partial charge on any atom is -0.315 e. The van der Waals surface area contributed by atoms with Gasteiger partial charge in [-0.25, -0.2) is 4.98 Å². The summed E-state index contributed by atoms with van der Waals surface area (Å²) in [5.41, 5.74) is 0.419. The lowest BCUT2D eigenvalue weighted by molar-refractivity contribution is 0.669. The normalized spacial score (nSPS) is 20.8. The van der Waals surface area contributed by atoms with Crippen molar-refractivity contribution >= 4 is 23.2 Å². The number of aromatic nitrogens is 1. The van der Waals surface area contributed by atoms with Crippen LogP contribution in [0.25, 0.3) is 0 Å². The highest BCUT2D eigenvalue weighted by Crippen LogP contribution is 2.16. The second-order valence-electron chi connectivity index (χ2n) is 3.38. The highest BCUT2D eigenvalue weighted by molar-refractivity contribution is 7.85. The Hall–Kier alpha value is -0.960. The maximum atomic E-state index is 12.1. The van der Waals surface area contributed by atoms with Gasteiger partial charge in [0.25, 0.3) is 0 Å². The van der Waals surface area contributed by atoms with E-state index in [4.69, 9.17) is 5.26 Å². The molecule has 86 valence electrons. The van der Waals surface area contributed by atoms with E-state index in [1.165, 1.54) is 0 Å². The summed E-state index contributed by atoms with van der Waals surface area (Å²) < 4.78 is 12.1. The molecule has 0 radical (unpaired) electrons. The third kappa shape index (κ3) is 2.59. The van der Waals surface area contributed by atoms with E-state index in [2.05, 4.69) is 10.3 Å². The van der Waals surface area contributed by atoms with E-state index in [0.29, 0.717) is 10.6 Å². The van der Waals surface area contributed by atoms with Crippen LogP contribution in [0, 0.1) is 11.3 Å². The Kier molecular flexibility index (Phi) is 4.87. The molecule has 1 aromatic heterocycles. The molecule has 0 aliphatic carbocycles. The smallest absolute Gasteiger partial charge is 0.145 e. The lowest BCUT2D eigenvalue weighted by atomic mass is 10.3. The Morgan fingerprint density at radius 2 is 2.44 bits per heavy atom. The van der Waals surface area contributed by atoms with Crippen molar-refractivity contribution < 1.29 is 4.21 Å². The maximum absolute atomic E-state index is 12.1. The first-order valence-corrected chi connectivity index (χ1v) is 6.00. The van der Waals surface area contributed by atoms with Gasteiger partial charge in [-0.3, -0.25) is 4.21 Å². The van der Waals surface area contributed by atoms with Crippen LogP contribution in [0.2, 0.25) is 0 Å². The van der Waals surface area contributed by atoms with E-state index in [0.717, 1.165) is 19.5 Å². The zero-order chi connectivity index (χ0) is 10.7. The van der Waals surface area contributed by atoms with Crippen molar-refractivity contribution in [1.82, 2.24) is 10.3 Å². The Labute approximate surface area is 103 Å². The lowest BCUT2D eigenvalue weighted by Crippen LogP contribution is -2.20. The Morgan fingerprint density at radius 1 is 1.62 bits per heavy atom. The molecule has 1 fully saturated rings. The molecular formula is C10H12ClN3OS. The standard InChI is InChI=1S/C10H11N3OS.ClH/c11-6-8-2-1-4-13-10(8)15(14)9-3-5-12-7-9;/h1-2,4,9,12H,3,5,7H2;1H/t9-,15+;/m1./s1. The topological polar surface area (TPSA) is 65.8 Å². The largest absolute Gasteiger partial charge is 0.315 e. The predicted molar refractivity (Wildman–Crippen MR) is 63.9 cm³/mol. The van der Waals surface area contributed by atoms with Crippen LogP contribution in [0.5, 0.6) is 0 Å². The van der Waals surface area contributed by atoms with Crippen molar-refractivity contribution in [3.8, 4) is 6.07 Å². The highest BCUT2D eigenvalue weighted by atomic mass is 35.5. The number of pyridine rings is 1. The van der Waals surface area contributed by atoms with Crippen molar-refractivity contribution in [2.75, 3.05) is 13.1 Å². The molecule has 0 saturated carbocycles. The van der Waals surface area contributed by atoms with E-state index < -0.39 is 10.8 Å². The summed E-state index contributed by atoms with van der Waals surface area (Å²) in [4.78, 5) is 4.04. The Bertz CT molecular complexity index is 426. The van der Waals surface area contributed by atoms with Crippen LogP contribution >= 0.6 is 12.4 Å². The predicted octanol–water partition coefficient (Wildman–Crippen LogP) is 0.845. The first kappa shape index (κ1) is 13.1. The molecule has 1 aliphatic heterocycles. The number of nitrogens with one attached hydrogen (secondary N) is 1. The van der Waals surface area contributed by atoms with Gasteiger partial charge in [-0.1, -0.05) is 0 Å². The Balaban J connectivity index is 0.00000128. The zero-order valence-corrected chi connectivity index (χ0v) is 10.2. The minimum atomic E-state index is -1.17. The molecule has 1 aliphatic rings. The van der Waals surface area contributed by atoms with Gasteiger partial charge in [0, 0.05) is 12.7 Å². The molecule has 2 rings (SSSR count). The number of nitrogens with zero attached hydrogens (tertiary/aromatic N) is 2. The SMILES string of the molecule is Cl.N#Cc1cccnc1[S@@](=O)[C@@H]1CCNC1. The quantitative estimate of drug-likeness (QED) is 0.853. The van der Waals surface area contributed by atoms with E-state index in [-0.39, 0.29) is 17.7 Å². The zero-order valence-electron chi connectivity index (χ0n) is 8.55. The fraction of sp³-hybridized carbons (Fsp3) is 0.400. The monoisotopic (exact) mass is 257 g/mol. The molecule has 0 spiro atoms. The third-order valence-electron chi connectivity index (χ3n) is 2.40. The highest BCUT2D eigenvalue weighted by Gasteiger charge is 2.24. The van der Waals surface area contributed by atoms with Crippen molar-refractivity contribution in [3.05, 3.63) is 23.9 Å². The first-order valence-electron chi connectivity index (χ1n) is 4.79. The van der Waals surface area contributed by atoms with E-state index in [9.17, 15) is 4.21 Å². The molecule has 0 amide bonds. The molecule has 1 saturated heterocycles. The van der Waals surface area contributed by atoms with E-state index >= 15 is 0 Å². The number of hydrogen-bond donors (Lipinski definition) is 1. The average Bonchev–Trinajstić information content (AvgIpc) is 2.81. The van der Waals surface area contributed by atoms with Gasteiger partial charge in [0.15, 0.2) is 0 Å². The molecule has 4 nitrogen and oxygen atoms in total. The molecule has 0 aromatic carbocycles. The van der Waals surface area contributed by atoms with Crippen LogP contribution < -0.4 is 5.32 Å². The van der Waals surface area contributed by atoms with Crippen LogP contribution in [0.3, 0.4) is 0 Å². The molecule has 0 bridgehead atoms. The van der Waals surface area contributed by atoms with Crippen molar-refractivity contribution in [2.45, 2.75) is 16.7 Å². The third-order valence-corrected chi connectivity index (χ3v) is 4.11. The van der Waals surface area contributed by atoms with Crippen LogP contribution in [0.4, 0.5) is 0 Å². The van der Waals surface area contributed by atoms with Crippen LogP contribution in [-0.2, 0) is 10.8 Å².